The molecule has 0 saturated carbocycles. The van der Waals surface area contributed by atoms with Crippen molar-refractivity contribution in [1.82, 2.24) is 20.3 Å². The van der Waals surface area contributed by atoms with E-state index >= 15 is 0 Å². The van der Waals surface area contributed by atoms with Gasteiger partial charge in [0.25, 0.3) is 0 Å². The highest BCUT2D eigenvalue weighted by Gasteiger charge is 2.15. The zero-order valence-electron chi connectivity index (χ0n) is 17.0. The first-order valence-electron chi connectivity index (χ1n) is 10.6. The van der Waals surface area contributed by atoms with Crippen LogP contribution in [0.1, 0.15) is 11.1 Å². The van der Waals surface area contributed by atoms with E-state index in [2.05, 4.69) is 60.8 Å². The number of hydrogen-bond donors (Lipinski definition) is 2. The predicted molar refractivity (Wildman–Crippen MR) is 118 cm³/mol. The van der Waals surface area contributed by atoms with Gasteiger partial charge in [-0.05, 0) is 29.7 Å². The van der Waals surface area contributed by atoms with Gasteiger partial charge < -0.3 is 20.3 Å². The number of nitrogens with one attached hydrogen (secondary N) is 2. The fourth-order valence-corrected chi connectivity index (χ4v) is 4.04. The summed E-state index contributed by atoms with van der Waals surface area (Å²) in [6, 6.07) is 12.5. The zero-order valence-corrected chi connectivity index (χ0v) is 17.0. The second kappa shape index (κ2) is 8.67. The van der Waals surface area contributed by atoms with Crippen molar-refractivity contribution in [1.29, 1.82) is 0 Å². The van der Waals surface area contributed by atoms with Gasteiger partial charge in [-0.25, -0.2) is 15.0 Å². The van der Waals surface area contributed by atoms with E-state index in [1.54, 1.807) is 6.33 Å². The molecule has 0 spiro atoms. The van der Waals surface area contributed by atoms with Crippen LogP contribution >= 0.6 is 0 Å². The van der Waals surface area contributed by atoms with Crippen molar-refractivity contribution in [3.63, 3.8) is 0 Å². The molecule has 0 bridgehead atoms. The number of para-hydroxylation sites is 1. The Morgan fingerprint density at radius 1 is 1.07 bits per heavy atom. The van der Waals surface area contributed by atoms with Crippen LogP contribution in [-0.4, -0.2) is 54.3 Å². The van der Waals surface area contributed by atoms with E-state index in [-0.39, 0.29) is 0 Å². The van der Waals surface area contributed by atoms with Gasteiger partial charge in [0, 0.05) is 57.0 Å². The zero-order chi connectivity index (χ0) is 20.2. The van der Waals surface area contributed by atoms with E-state index in [0.29, 0.717) is 0 Å². The molecule has 2 aromatic heterocycles. The van der Waals surface area contributed by atoms with Gasteiger partial charge in [-0.1, -0.05) is 18.2 Å². The molecule has 0 unspecified atom stereocenters. The molecule has 7 nitrogen and oxygen atoms in total. The first-order valence-corrected chi connectivity index (χ1v) is 10.6. The molecule has 0 atom stereocenters. The number of rotatable bonds is 6. The topological polar surface area (TPSA) is 75.2 Å². The molecule has 0 amide bonds. The molecule has 2 aliphatic rings. The number of pyridine rings is 1. The smallest absolute Gasteiger partial charge is 0.129 e. The molecule has 5 rings (SSSR count). The molecule has 2 aliphatic heterocycles. The van der Waals surface area contributed by atoms with Crippen molar-refractivity contribution in [2.75, 3.05) is 49.5 Å². The number of hydrogen-bond acceptors (Lipinski definition) is 7. The molecular formula is C23H26N6O. The minimum absolute atomic E-state index is 0.788. The maximum atomic E-state index is 5.80. The third-order valence-corrected chi connectivity index (χ3v) is 5.65. The highest BCUT2D eigenvalue weighted by molar-refractivity contribution is 5.62. The Morgan fingerprint density at radius 3 is 2.87 bits per heavy atom. The normalized spacial score (nSPS) is 15.5. The van der Waals surface area contributed by atoms with Crippen LogP contribution < -0.4 is 20.3 Å². The van der Waals surface area contributed by atoms with Gasteiger partial charge in [0.1, 0.15) is 23.7 Å². The molecule has 1 fully saturated rings. The summed E-state index contributed by atoms with van der Waals surface area (Å²) < 4.78 is 5.80. The first kappa shape index (κ1) is 18.8. The molecular weight excluding hydrogens is 376 g/mol. The van der Waals surface area contributed by atoms with Crippen LogP contribution in [0.25, 0.3) is 11.3 Å². The van der Waals surface area contributed by atoms with Crippen LogP contribution in [0, 0.1) is 0 Å². The van der Waals surface area contributed by atoms with Gasteiger partial charge >= 0.3 is 0 Å². The second-order valence-corrected chi connectivity index (χ2v) is 7.61. The molecule has 0 aliphatic carbocycles. The van der Waals surface area contributed by atoms with E-state index in [1.807, 2.05) is 12.3 Å². The summed E-state index contributed by atoms with van der Waals surface area (Å²) in [5.41, 5.74) is 4.43. The lowest BCUT2D eigenvalue weighted by atomic mass is 10.1. The quantitative estimate of drug-likeness (QED) is 0.656. The van der Waals surface area contributed by atoms with Crippen molar-refractivity contribution in [3.8, 4) is 17.0 Å². The van der Waals surface area contributed by atoms with Gasteiger partial charge in [0.05, 0.1) is 12.3 Å². The average molecular weight is 403 g/mol. The van der Waals surface area contributed by atoms with E-state index in [9.17, 15) is 0 Å². The number of benzene rings is 1. The first-order chi connectivity index (χ1) is 14.9. The summed E-state index contributed by atoms with van der Waals surface area (Å²) in [6.07, 6.45) is 5.40. The lowest BCUT2D eigenvalue weighted by Crippen LogP contribution is -2.43. The van der Waals surface area contributed by atoms with Gasteiger partial charge in [-0.15, -0.1) is 0 Å². The SMILES string of the molecule is c1cc(CCNc2cc(-c3ccc(N4CCNCC4)nc3)ncn2)c2c(c1)CCO2. The van der Waals surface area contributed by atoms with Gasteiger partial charge in [0.15, 0.2) is 0 Å². The number of ether oxygens (including phenoxy) is 1. The predicted octanol–water partition coefficient (Wildman–Crippen LogP) is 2.54. The maximum absolute atomic E-state index is 5.80. The fraction of sp³-hybridized carbons (Fsp3) is 0.348. The standard InChI is InChI=1S/C23H26N6O/c1-2-17(23-18(3-1)7-13-30-23)6-8-25-21-14-20(27-16-28-21)19-4-5-22(26-15-19)29-11-9-24-10-12-29/h1-5,14-16,24H,6-13H2,(H,25,27,28). The summed E-state index contributed by atoms with van der Waals surface area (Å²) in [5, 5.41) is 6.78. The number of fused-ring (bicyclic) bond motifs is 1. The van der Waals surface area contributed by atoms with Crippen LogP contribution in [0.3, 0.4) is 0 Å². The largest absolute Gasteiger partial charge is 0.493 e. The summed E-state index contributed by atoms with van der Waals surface area (Å²) in [6.45, 7) is 5.56. The molecule has 3 aromatic rings. The number of aromatic nitrogens is 3. The minimum atomic E-state index is 0.788. The number of anilines is 2. The molecule has 1 saturated heterocycles. The van der Waals surface area contributed by atoms with Crippen LogP contribution in [0.15, 0.2) is 48.9 Å². The number of piperazine rings is 1. The maximum Gasteiger partial charge on any atom is 0.129 e. The number of nitrogens with zero attached hydrogens (tertiary/aromatic N) is 4. The van der Waals surface area contributed by atoms with Crippen molar-refractivity contribution in [2.24, 2.45) is 0 Å². The molecule has 30 heavy (non-hydrogen) atoms. The lowest BCUT2D eigenvalue weighted by Gasteiger charge is -2.28. The second-order valence-electron chi connectivity index (χ2n) is 7.61. The van der Waals surface area contributed by atoms with E-state index in [4.69, 9.17) is 4.74 Å². The van der Waals surface area contributed by atoms with Crippen molar-refractivity contribution in [3.05, 3.63) is 60.0 Å². The van der Waals surface area contributed by atoms with E-state index in [0.717, 1.165) is 80.8 Å². The van der Waals surface area contributed by atoms with Gasteiger partial charge in [-0.3, -0.25) is 0 Å². The molecule has 7 heteroatoms. The van der Waals surface area contributed by atoms with Crippen molar-refractivity contribution in [2.45, 2.75) is 12.8 Å². The lowest BCUT2D eigenvalue weighted by molar-refractivity contribution is 0.353. The third kappa shape index (κ3) is 4.07. The van der Waals surface area contributed by atoms with Gasteiger partial charge in [-0.2, -0.15) is 0 Å². The minimum Gasteiger partial charge on any atom is -0.493 e. The van der Waals surface area contributed by atoms with Crippen molar-refractivity contribution < 1.29 is 4.74 Å². The Kier molecular flexibility index (Phi) is 5.44. The molecule has 1 aromatic carbocycles. The van der Waals surface area contributed by atoms with Crippen LogP contribution in [0.2, 0.25) is 0 Å². The van der Waals surface area contributed by atoms with Crippen molar-refractivity contribution >= 4 is 11.6 Å². The Morgan fingerprint density at radius 2 is 2.00 bits per heavy atom. The summed E-state index contributed by atoms with van der Waals surface area (Å²) in [5.74, 6) is 2.91. The molecule has 4 heterocycles. The Balaban J connectivity index is 1.23. The Hall–Kier alpha value is -3.19. The Bertz CT molecular complexity index is 1000. The van der Waals surface area contributed by atoms with Crippen LogP contribution in [0.4, 0.5) is 11.6 Å². The van der Waals surface area contributed by atoms with Crippen LogP contribution in [-0.2, 0) is 12.8 Å². The molecule has 0 radical (unpaired) electrons. The van der Waals surface area contributed by atoms with Crippen LogP contribution in [0.5, 0.6) is 5.75 Å². The summed E-state index contributed by atoms with van der Waals surface area (Å²) in [7, 11) is 0. The van der Waals surface area contributed by atoms with E-state index < -0.39 is 0 Å². The molecule has 2 N–H and O–H groups in total. The third-order valence-electron chi connectivity index (χ3n) is 5.65. The summed E-state index contributed by atoms with van der Waals surface area (Å²) >= 11 is 0. The average Bonchev–Trinajstić information content (AvgIpc) is 3.30. The highest BCUT2D eigenvalue weighted by atomic mass is 16.5. The highest BCUT2D eigenvalue weighted by Crippen LogP contribution is 2.29. The fourth-order valence-electron chi connectivity index (χ4n) is 4.04. The summed E-state index contributed by atoms with van der Waals surface area (Å²) in [4.78, 5) is 15.8. The monoisotopic (exact) mass is 402 g/mol. The van der Waals surface area contributed by atoms with E-state index in [1.165, 1.54) is 11.1 Å². The molecule has 154 valence electrons. The Labute approximate surface area is 176 Å². The van der Waals surface area contributed by atoms with Gasteiger partial charge in [0.2, 0.25) is 0 Å².